The average Bonchev–Trinajstić information content (AvgIpc) is 2.84. The fourth-order valence-electron chi connectivity index (χ4n) is 4.21. The summed E-state index contributed by atoms with van der Waals surface area (Å²) in [7, 11) is 0. The van der Waals surface area contributed by atoms with Crippen molar-refractivity contribution in [1.29, 1.82) is 0 Å². The summed E-state index contributed by atoms with van der Waals surface area (Å²) in [5.74, 6) is 2.20. The van der Waals surface area contributed by atoms with Crippen LogP contribution in [0.25, 0.3) is 0 Å². The minimum atomic E-state index is -0.0123. The van der Waals surface area contributed by atoms with Crippen molar-refractivity contribution in [2.24, 2.45) is 11.8 Å². The van der Waals surface area contributed by atoms with Crippen molar-refractivity contribution in [3.8, 4) is 5.75 Å². The van der Waals surface area contributed by atoms with Crippen LogP contribution in [0.2, 0.25) is 0 Å². The SMILES string of the molecule is CCCCC(CC)COC(=O)CCCCCCCc1cccc(OCC(CC)CCCC)c1. The fraction of sp³-hybridized carbons (Fsp3) is 0.767. The molecular formula is C30H52O3. The Morgan fingerprint density at radius 2 is 1.42 bits per heavy atom. The van der Waals surface area contributed by atoms with E-state index < -0.39 is 0 Å². The highest BCUT2D eigenvalue weighted by Gasteiger charge is 2.10. The highest BCUT2D eigenvalue weighted by atomic mass is 16.5. The van der Waals surface area contributed by atoms with E-state index >= 15 is 0 Å². The summed E-state index contributed by atoms with van der Waals surface area (Å²) >= 11 is 0. The van der Waals surface area contributed by atoms with Crippen molar-refractivity contribution in [3.05, 3.63) is 29.8 Å². The molecule has 0 saturated heterocycles. The molecule has 0 fully saturated rings. The van der Waals surface area contributed by atoms with Gasteiger partial charge in [-0.3, -0.25) is 4.79 Å². The molecular weight excluding hydrogens is 408 g/mol. The average molecular weight is 461 g/mol. The normalized spacial score (nSPS) is 13.0. The second kappa shape index (κ2) is 19.9. The zero-order valence-corrected chi connectivity index (χ0v) is 22.2. The molecule has 190 valence electrons. The van der Waals surface area contributed by atoms with Crippen molar-refractivity contribution in [2.45, 2.75) is 124 Å². The first-order valence-corrected chi connectivity index (χ1v) is 14.0. The zero-order chi connectivity index (χ0) is 24.2. The van der Waals surface area contributed by atoms with Gasteiger partial charge in [0.15, 0.2) is 0 Å². The first-order valence-electron chi connectivity index (χ1n) is 14.0. The molecule has 1 aromatic carbocycles. The van der Waals surface area contributed by atoms with Gasteiger partial charge in [-0.1, -0.05) is 97.6 Å². The summed E-state index contributed by atoms with van der Waals surface area (Å²) in [5, 5.41) is 0. The van der Waals surface area contributed by atoms with Crippen molar-refractivity contribution in [3.63, 3.8) is 0 Å². The lowest BCUT2D eigenvalue weighted by atomic mass is 10.0. The lowest BCUT2D eigenvalue weighted by molar-refractivity contribution is -0.145. The maximum absolute atomic E-state index is 12.0. The number of unbranched alkanes of at least 4 members (excludes halogenated alkanes) is 6. The summed E-state index contributed by atoms with van der Waals surface area (Å²) in [6.45, 7) is 10.4. The third-order valence-electron chi connectivity index (χ3n) is 6.80. The van der Waals surface area contributed by atoms with Crippen molar-refractivity contribution in [1.82, 2.24) is 0 Å². The number of hydrogen-bond acceptors (Lipinski definition) is 3. The Balaban J connectivity index is 2.13. The largest absolute Gasteiger partial charge is 0.493 e. The topological polar surface area (TPSA) is 35.5 Å². The van der Waals surface area contributed by atoms with E-state index in [9.17, 15) is 4.79 Å². The van der Waals surface area contributed by atoms with Crippen LogP contribution < -0.4 is 4.74 Å². The third-order valence-corrected chi connectivity index (χ3v) is 6.80. The predicted octanol–water partition coefficient (Wildman–Crippen LogP) is 8.92. The molecule has 2 atom stereocenters. The van der Waals surface area contributed by atoms with Gasteiger partial charge in [-0.2, -0.15) is 0 Å². The van der Waals surface area contributed by atoms with Crippen LogP contribution >= 0.6 is 0 Å². The Kier molecular flexibility index (Phi) is 17.8. The Morgan fingerprint density at radius 3 is 2.09 bits per heavy atom. The lowest BCUT2D eigenvalue weighted by Crippen LogP contribution is -2.13. The summed E-state index contributed by atoms with van der Waals surface area (Å²) in [6.07, 6.45) is 17.0. The molecule has 0 amide bonds. The second-order valence-electron chi connectivity index (χ2n) is 9.74. The van der Waals surface area contributed by atoms with Gasteiger partial charge in [0, 0.05) is 6.42 Å². The van der Waals surface area contributed by atoms with Crippen LogP contribution in [0.15, 0.2) is 24.3 Å². The number of benzene rings is 1. The number of esters is 1. The standard InChI is InChI=1S/C30H52O3/c1-5-9-17-26(7-3)24-32-29-21-16-20-28(23-29)19-14-12-11-13-15-22-30(31)33-25-27(8-4)18-10-6-2/h16,20-21,23,26-27H,5-15,17-19,22,24-25H2,1-4H3. The molecule has 33 heavy (non-hydrogen) atoms. The molecule has 2 unspecified atom stereocenters. The van der Waals surface area contributed by atoms with Crippen LogP contribution in [-0.4, -0.2) is 19.2 Å². The van der Waals surface area contributed by atoms with Crippen LogP contribution in [0.4, 0.5) is 0 Å². The van der Waals surface area contributed by atoms with Gasteiger partial charge >= 0.3 is 5.97 Å². The monoisotopic (exact) mass is 460 g/mol. The highest BCUT2D eigenvalue weighted by molar-refractivity contribution is 5.69. The van der Waals surface area contributed by atoms with Crippen LogP contribution in [0.1, 0.15) is 123 Å². The molecule has 0 heterocycles. The Hall–Kier alpha value is -1.51. The molecule has 0 aliphatic carbocycles. The third kappa shape index (κ3) is 15.1. The predicted molar refractivity (Wildman–Crippen MR) is 141 cm³/mol. The van der Waals surface area contributed by atoms with E-state index in [2.05, 4.69) is 52.0 Å². The van der Waals surface area contributed by atoms with E-state index in [0.29, 0.717) is 24.9 Å². The van der Waals surface area contributed by atoms with Gasteiger partial charge in [-0.05, 0) is 61.6 Å². The van der Waals surface area contributed by atoms with Crippen molar-refractivity contribution >= 4 is 5.97 Å². The van der Waals surface area contributed by atoms with Gasteiger partial charge in [0.1, 0.15) is 5.75 Å². The van der Waals surface area contributed by atoms with Crippen LogP contribution in [-0.2, 0) is 16.0 Å². The number of ether oxygens (including phenoxy) is 2. The molecule has 0 aliphatic rings. The molecule has 1 rings (SSSR count). The number of rotatable bonds is 21. The van der Waals surface area contributed by atoms with E-state index in [4.69, 9.17) is 9.47 Å². The number of carbonyl (C=O) groups excluding carboxylic acids is 1. The molecule has 1 aromatic rings. The number of carbonyl (C=O) groups is 1. The van der Waals surface area contributed by atoms with E-state index in [0.717, 1.165) is 38.0 Å². The van der Waals surface area contributed by atoms with Crippen molar-refractivity contribution in [2.75, 3.05) is 13.2 Å². The molecule has 0 spiro atoms. The Bertz CT molecular complexity index is 598. The van der Waals surface area contributed by atoms with Gasteiger partial charge in [0.2, 0.25) is 0 Å². The number of hydrogen-bond donors (Lipinski definition) is 0. The molecule has 3 nitrogen and oxygen atoms in total. The van der Waals surface area contributed by atoms with E-state index in [1.165, 1.54) is 69.8 Å². The highest BCUT2D eigenvalue weighted by Crippen LogP contribution is 2.20. The van der Waals surface area contributed by atoms with Gasteiger partial charge in [0.05, 0.1) is 13.2 Å². The van der Waals surface area contributed by atoms with Crippen LogP contribution in [0.5, 0.6) is 5.75 Å². The van der Waals surface area contributed by atoms with E-state index in [1.54, 1.807) is 0 Å². The summed E-state index contributed by atoms with van der Waals surface area (Å²) in [6, 6.07) is 8.63. The maximum atomic E-state index is 12.0. The minimum Gasteiger partial charge on any atom is -0.493 e. The maximum Gasteiger partial charge on any atom is 0.305 e. The van der Waals surface area contributed by atoms with Gasteiger partial charge < -0.3 is 9.47 Å². The number of aryl methyl sites for hydroxylation is 1. The van der Waals surface area contributed by atoms with Gasteiger partial charge in [-0.25, -0.2) is 0 Å². The van der Waals surface area contributed by atoms with E-state index in [-0.39, 0.29) is 5.97 Å². The van der Waals surface area contributed by atoms with Crippen LogP contribution in [0, 0.1) is 11.8 Å². The van der Waals surface area contributed by atoms with Gasteiger partial charge in [-0.15, -0.1) is 0 Å². The van der Waals surface area contributed by atoms with Crippen molar-refractivity contribution < 1.29 is 14.3 Å². The zero-order valence-electron chi connectivity index (χ0n) is 22.2. The molecule has 3 heteroatoms. The smallest absolute Gasteiger partial charge is 0.305 e. The summed E-state index contributed by atoms with van der Waals surface area (Å²) < 4.78 is 11.6. The molecule has 0 radical (unpaired) electrons. The molecule has 0 aliphatic heterocycles. The molecule has 0 saturated carbocycles. The second-order valence-corrected chi connectivity index (χ2v) is 9.74. The summed E-state index contributed by atoms with van der Waals surface area (Å²) in [4.78, 5) is 12.0. The first-order chi connectivity index (χ1) is 16.1. The minimum absolute atomic E-state index is 0.0123. The van der Waals surface area contributed by atoms with Gasteiger partial charge in [0.25, 0.3) is 0 Å². The molecule has 0 N–H and O–H groups in total. The fourth-order valence-corrected chi connectivity index (χ4v) is 4.21. The quantitative estimate of drug-likeness (QED) is 0.136. The van der Waals surface area contributed by atoms with Crippen LogP contribution in [0.3, 0.4) is 0 Å². The Morgan fingerprint density at radius 1 is 0.788 bits per heavy atom. The molecule has 0 aromatic heterocycles. The Labute approximate surface area is 205 Å². The first kappa shape index (κ1) is 29.5. The molecule has 0 bridgehead atoms. The van der Waals surface area contributed by atoms with E-state index in [1.807, 2.05) is 0 Å². The lowest BCUT2D eigenvalue weighted by Gasteiger charge is -2.16. The summed E-state index contributed by atoms with van der Waals surface area (Å²) in [5.41, 5.74) is 1.37.